The number of para-hydroxylation sites is 2. The van der Waals surface area contributed by atoms with Crippen LogP contribution in [0.15, 0.2) is 241 Å². The molecule has 338 valence electrons. The smallest absolute Gasteiger partial charge is 0.164 e. The molecule has 0 saturated heterocycles. The fraction of sp³-hybridized carbons (Fsp3) is 0. The second-order valence-corrected chi connectivity index (χ2v) is 19.1. The van der Waals surface area contributed by atoms with Crippen LogP contribution in [0.25, 0.3) is 154 Å². The van der Waals surface area contributed by atoms with Gasteiger partial charge in [-0.2, -0.15) is 0 Å². The standard InChI is InChI=1S/C67H39N5O/c1-2-22-47(23-3-1)71-56-28-13-12-26-50(56)53-37-46(30-32-57(53)71)65-68-66(51-27-14-21-40-15-8-10-24-48(40)51)70-67(69-65)52-31-34-59(64-63(52)55-36-43-18-5-7-20-45(43)39-61(55)73-64)72-58-33-29-41-16-9-11-25-49(41)62(58)54-35-42-17-4-6-19-44(42)38-60(54)72/h1-39H. The fourth-order valence-electron chi connectivity index (χ4n) is 11.8. The molecule has 0 aliphatic carbocycles. The lowest BCUT2D eigenvalue weighted by molar-refractivity contribution is 0.667. The fourth-order valence-corrected chi connectivity index (χ4v) is 11.8. The average Bonchev–Trinajstić information content (AvgIpc) is 4.11. The molecule has 0 N–H and O–H groups in total. The molecule has 16 aromatic rings. The Bertz CT molecular complexity index is 4980. The molecule has 0 amide bonds. The molecule has 4 heterocycles. The number of furan rings is 1. The first-order valence-corrected chi connectivity index (χ1v) is 24.8. The van der Waals surface area contributed by atoms with E-state index in [0.717, 1.165) is 104 Å². The van der Waals surface area contributed by atoms with Crippen LogP contribution < -0.4 is 0 Å². The van der Waals surface area contributed by atoms with Gasteiger partial charge in [0.15, 0.2) is 23.1 Å². The highest BCUT2D eigenvalue weighted by molar-refractivity contribution is 6.25. The van der Waals surface area contributed by atoms with Crippen molar-refractivity contribution in [3.05, 3.63) is 237 Å². The first-order valence-electron chi connectivity index (χ1n) is 24.8. The van der Waals surface area contributed by atoms with E-state index in [9.17, 15) is 0 Å². The minimum absolute atomic E-state index is 0.561. The van der Waals surface area contributed by atoms with Crippen molar-refractivity contribution in [3.63, 3.8) is 0 Å². The van der Waals surface area contributed by atoms with Gasteiger partial charge in [-0.3, -0.25) is 0 Å². The molecule has 4 aromatic heterocycles. The molecule has 0 spiro atoms. The van der Waals surface area contributed by atoms with Crippen molar-refractivity contribution < 1.29 is 4.42 Å². The van der Waals surface area contributed by atoms with Gasteiger partial charge in [-0.15, -0.1) is 0 Å². The summed E-state index contributed by atoms with van der Waals surface area (Å²) in [7, 11) is 0. The number of hydrogen-bond acceptors (Lipinski definition) is 4. The molecule has 0 aliphatic heterocycles. The zero-order valence-electron chi connectivity index (χ0n) is 39.2. The summed E-state index contributed by atoms with van der Waals surface area (Å²) in [6.07, 6.45) is 0. The quantitative estimate of drug-likeness (QED) is 0.173. The molecule has 6 nitrogen and oxygen atoms in total. The van der Waals surface area contributed by atoms with Crippen LogP contribution in [0.3, 0.4) is 0 Å². The van der Waals surface area contributed by atoms with Gasteiger partial charge in [0.25, 0.3) is 0 Å². The molecular formula is C67H39N5O. The van der Waals surface area contributed by atoms with E-state index in [1.807, 2.05) is 0 Å². The molecule has 73 heavy (non-hydrogen) atoms. The second kappa shape index (κ2) is 15.3. The summed E-state index contributed by atoms with van der Waals surface area (Å²) in [5.74, 6) is 1.75. The maximum Gasteiger partial charge on any atom is 0.164 e. The van der Waals surface area contributed by atoms with Crippen molar-refractivity contribution in [3.8, 4) is 45.5 Å². The van der Waals surface area contributed by atoms with E-state index in [1.165, 1.54) is 32.3 Å². The van der Waals surface area contributed by atoms with Gasteiger partial charge in [0.2, 0.25) is 0 Å². The Hall–Kier alpha value is -9.91. The van der Waals surface area contributed by atoms with Crippen LogP contribution >= 0.6 is 0 Å². The van der Waals surface area contributed by atoms with Gasteiger partial charge in [0.05, 0.1) is 27.8 Å². The first-order chi connectivity index (χ1) is 36.2. The normalized spacial score (nSPS) is 12.1. The maximum atomic E-state index is 7.27. The summed E-state index contributed by atoms with van der Waals surface area (Å²) in [6, 6.07) is 84.4. The highest BCUT2D eigenvalue weighted by Crippen LogP contribution is 2.46. The first kappa shape index (κ1) is 39.9. The third-order valence-electron chi connectivity index (χ3n) is 15.1. The van der Waals surface area contributed by atoms with Crippen molar-refractivity contribution in [2.24, 2.45) is 0 Å². The van der Waals surface area contributed by atoms with Crippen molar-refractivity contribution in [2.75, 3.05) is 0 Å². The summed E-state index contributed by atoms with van der Waals surface area (Å²) in [6.45, 7) is 0. The third kappa shape index (κ3) is 5.95. The Morgan fingerprint density at radius 2 is 0.890 bits per heavy atom. The van der Waals surface area contributed by atoms with E-state index in [2.05, 4.69) is 246 Å². The predicted molar refractivity (Wildman–Crippen MR) is 302 cm³/mol. The van der Waals surface area contributed by atoms with Crippen LogP contribution in [0.4, 0.5) is 0 Å². The molecule has 0 bridgehead atoms. The van der Waals surface area contributed by atoms with Crippen LogP contribution in [0.2, 0.25) is 0 Å². The average molecular weight is 930 g/mol. The highest BCUT2D eigenvalue weighted by Gasteiger charge is 2.25. The van der Waals surface area contributed by atoms with Crippen molar-refractivity contribution in [2.45, 2.75) is 0 Å². The Morgan fingerprint density at radius 1 is 0.301 bits per heavy atom. The monoisotopic (exact) mass is 929 g/mol. The molecule has 0 aliphatic rings. The van der Waals surface area contributed by atoms with E-state index in [1.54, 1.807) is 0 Å². The Labute approximate surface area is 417 Å². The molecule has 0 fully saturated rings. The van der Waals surface area contributed by atoms with Crippen LogP contribution in [0.1, 0.15) is 0 Å². The topological polar surface area (TPSA) is 61.7 Å². The molecular weight excluding hydrogens is 891 g/mol. The molecule has 0 saturated carbocycles. The van der Waals surface area contributed by atoms with Gasteiger partial charge in [0.1, 0.15) is 5.58 Å². The lowest BCUT2D eigenvalue weighted by Crippen LogP contribution is -2.02. The lowest BCUT2D eigenvalue weighted by atomic mass is 10.0. The van der Waals surface area contributed by atoms with Gasteiger partial charge in [0, 0.05) is 54.7 Å². The van der Waals surface area contributed by atoms with Gasteiger partial charge < -0.3 is 13.6 Å². The second-order valence-electron chi connectivity index (χ2n) is 19.1. The summed E-state index contributed by atoms with van der Waals surface area (Å²) < 4.78 is 12.0. The van der Waals surface area contributed by atoms with E-state index in [0.29, 0.717) is 17.5 Å². The largest absolute Gasteiger partial charge is 0.454 e. The molecule has 16 rings (SSSR count). The molecule has 0 unspecified atom stereocenters. The molecule has 0 radical (unpaired) electrons. The van der Waals surface area contributed by atoms with Crippen LogP contribution in [0, 0.1) is 0 Å². The number of benzene rings is 12. The predicted octanol–water partition coefficient (Wildman–Crippen LogP) is 17.6. The minimum Gasteiger partial charge on any atom is -0.454 e. The molecule has 12 aromatic carbocycles. The Balaban J connectivity index is 1.00. The summed E-state index contributed by atoms with van der Waals surface area (Å²) in [5, 5.41) is 15.8. The van der Waals surface area contributed by atoms with E-state index < -0.39 is 0 Å². The summed E-state index contributed by atoms with van der Waals surface area (Å²) in [4.78, 5) is 16.4. The summed E-state index contributed by atoms with van der Waals surface area (Å²) in [5.41, 5.74) is 10.7. The minimum atomic E-state index is 0.561. The van der Waals surface area contributed by atoms with E-state index in [-0.39, 0.29) is 0 Å². The number of hydrogen-bond donors (Lipinski definition) is 0. The van der Waals surface area contributed by atoms with Gasteiger partial charge >= 0.3 is 0 Å². The SMILES string of the molecule is c1ccc(-n2c3ccccc3c3cc(-c4nc(-c5cccc6ccccc56)nc(-c5ccc(-n6c7cc8ccccc8cc7c7c8ccccc8ccc76)c6oc7cc8ccccc8cc7c56)n4)ccc32)cc1. The van der Waals surface area contributed by atoms with Gasteiger partial charge in [-0.05, 0) is 122 Å². The van der Waals surface area contributed by atoms with E-state index in [4.69, 9.17) is 19.4 Å². The van der Waals surface area contributed by atoms with Crippen LogP contribution in [-0.2, 0) is 0 Å². The maximum absolute atomic E-state index is 7.27. The zero-order valence-corrected chi connectivity index (χ0v) is 39.2. The number of rotatable bonds is 5. The number of nitrogens with zero attached hydrogens (tertiary/aromatic N) is 5. The number of aromatic nitrogens is 5. The summed E-state index contributed by atoms with van der Waals surface area (Å²) >= 11 is 0. The highest BCUT2D eigenvalue weighted by atomic mass is 16.3. The Kier molecular flexibility index (Phi) is 8.36. The van der Waals surface area contributed by atoms with Crippen LogP contribution in [0.5, 0.6) is 0 Å². The van der Waals surface area contributed by atoms with Gasteiger partial charge in [-0.25, -0.2) is 15.0 Å². The lowest BCUT2D eigenvalue weighted by Gasteiger charge is -2.13. The zero-order chi connectivity index (χ0) is 47.7. The van der Waals surface area contributed by atoms with E-state index >= 15 is 0 Å². The van der Waals surface area contributed by atoms with Crippen molar-refractivity contribution >= 4 is 109 Å². The van der Waals surface area contributed by atoms with Crippen molar-refractivity contribution in [1.82, 2.24) is 24.1 Å². The third-order valence-corrected chi connectivity index (χ3v) is 15.1. The van der Waals surface area contributed by atoms with Gasteiger partial charge in [-0.1, -0.05) is 158 Å². The Morgan fingerprint density at radius 3 is 1.68 bits per heavy atom. The van der Waals surface area contributed by atoms with Crippen molar-refractivity contribution in [1.29, 1.82) is 0 Å². The molecule has 0 atom stereocenters. The van der Waals surface area contributed by atoms with Crippen LogP contribution in [-0.4, -0.2) is 24.1 Å². The molecule has 6 heteroatoms. The number of fused-ring (bicyclic) bond motifs is 14.